The molecule has 148 valence electrons. The van der Waals surface area contributed by atoms with Crippen LogP contribution in [0.3, 0.4) is 0 Å². The van der Waals surface area contributed by atoms with Crippen molar-refractivity contribution in [3.63, 3.8) is 0 Å². The van der Waals surface area contributed by atoms with E-state index < -0.39 is 15.8 Å². The van der Waals surface area contributed by atoms with Gasteiger partial charge >= 0.3 is 0 Å². The Hall–Kier alpha value is -3.05. The average Bonchev–Trinajstić information content (AvgIpc) is 3.11. The maximum atomic E-state index is 13.4. The molecule has 2 aromatic heterocycles. The first-order chi connectivity index (χ1) is 13.8. The lowest BCUT2D eigenvalue weighted by Crippen LogP contribution is -2.15. The number of hydrogen-bond donors (Lipinski definition) is 2. The molecule has 0 bridgehead atoms. The van der Waals surface area contributed by atoms with E-state index in [9.17, 15) is 12.8 Å². The number of sulfonamides is 1. The minimum absolute atomic E-state index is 0.00350. The van der Waals surface area contributed by atoms with Crippen molar-refractivity contribution >= 4 is 54.3 Å². The molecule has 0 amide bonds. The van der Waals surface area contributed by atoms with Crippen LogP contribution in [0.4, 0.5) is 21.7 Å². The van der Waals surface area contributed by atoms with Crippen molar-refractivity contribution in [3.05, 3.63) is 65.1 Å². The summed E-state index contributed by atoms with van der Waals surface area (Å²) in [6.45, 7) is 0. The molecule has 2 N–H and O–H groups in total. The number of anilines is 3. The summed E-state index contributed by atoms with van der Waals surface area (Å²) in [5.74, 6) is -0.239. The molecule has 4 aromatic rings. The second kappa shape index (κ2) is 7.41. The van der Waals surface area contributed by atoms with Gasteiger partial charge in [0.05, 0.1) is 22.9 Å². The van der Waals surface area contributed by atoms with Gasteiger partial charge < -0.3 is 5.32 Å². The highest BCUT2D eigenvalue weighted by Gasteiger charge is 2.21. The molecule has 2 aromatic carbocycles. The number of nitrogens with zero attached hydrogens (tertiary/aromatic N) is 4. The molecule has 0 aliphatic heterocycles. The van der Waals surface area contributed by atoms with Crippen LogP contribution >= 0.6 is 15.9 Å². The molecule has 0 saturated heterocycles. The molecule has 0 fully saturated rings. The Morgan fingerprint density at radius 1 is 1.07 bits per heavy atom. The molecule has 0 unspecified atom stereocenters. The van der Waals surface area contributed by atoms with Crippen LogP contribution in [0.5, 0.6) is 0 Å². The number of nitrogens with one attached hydrogen (secondary N) is 2. The van der Waals surface area contributed by atoms with Gasteiger partial charge in [-0.25, -0.2) is 22.8 Å². The molecular formula is C18H14BrFN6O2S. The van der Waals surface area contributed by atoms with E-state index in [-0.39, 0.29) is 16.5 Å². The summed E-state index contributed by atoms with van der Waals surface area (Å²) < 4.78 is 43.2. The molecule has 0 aliphatic rings. The van der Waals surface area contributed by atoms with Crippen LogP contribution in [0.1, 0.15) is 0 Å². The lowest BCUT2D eigenvalue weighted by atomic mass is 10.3. The molecule has 0 aliphatic carbocycles. The quantitative estimate of drug-likeness (QED) is 0.454. The molecular weight excluding hydrogens is 463 g/mol. The zero-order valence-corrected chi connectivity index (χ0v) is 17.4. The van der Waals surface area contributed by atoms with Gasteiger partial charge in [-0.05, 0) is 46.3 Å². The van der Waals surface area contributed by atoms with E-state index in [0.717, 1.165) is 0 Å². The largest absolute Gasteiger partial charge is 0.336 e. The van der Waals surface area contributed by atoms with E-state index in [2.05, 4.69) is 41.0 Å². The van der Waals surface area contributed by atoms with E-state index in [0.29, 0.717) is 21.2 Å². The Labute approximate surface area is 174 Å². The van der Waals surface area contributed by atoms with Gasteiger partial charge in [0.25, 0.3) is 10.0 Å². The number of aryl methyl sites for hydroxylation is 1. The van der Waals surface area contributed by atoms with E-state index in [4.69, 9.17) is 0 Å². The topological polar surface area (TPSA) is 102 Å². The highest BCUT2D eigenvalue weighted by atomic mass is 79.9. The predicted molar refractivity (Wildman–Crippen MR) is 111 cm³/mol. The fourth-order valence-corrected chi connectivity index (χ4v) is 4.04. The normalized spacial score (nSPS) is 11.6. The van der Waals surface area contributed by atoms with Gasteiger partial charge in [-0.1, -0.05) is 12.1 Å². The molecule has 29 heavy (non-hydrogen) atoms. The zero-order chi connectivity index (χ0) is 20.6. The van der Waals surface area contributed by atoms with Gasteiger partial charge in [0.2, 0.25) is 0 Å². The molecule has 11 heteroatoms. The van der Waals surface area contributed by atoms with Crippen molar-refractivity contribution < 1.29 is 12.8 Å². The first kappa shape index (κ1) is 19.3. The van der Waals surface area contributed by atoms with Crippen molar-refractivity contribution in [2.45, 2.75) is 4.90 Å². The van der Waals surface area contributed by atoms with Crippen molar-refractivity contribution in [1.82, 2.24) is 19.7 Å². The lowest BCUT2D eigenvalue weighted by Gasteiger charge is -2.14. The third-order valence-corrected chi connectivity index (χ3v) is 5.93. The summed E-state index contributed by atoms with van der Waals surface area (Å²) in [6.07, 6.45) is 2.61. The standard InChI is InChI=1S/C18H14BrFN6O2S/c1-26-10-12(9-21-26)29(27,28)25-18-17(22-14-7-6-11(20)8-13(14)19)23-15-4-2-3-5-16(15)24-18/h2-10H,1H3,(H,22,23)(H,24,25). The van der Waals surface area contributed by atoms with Crippen molar-refractivity contribution in [1.29, 1.82) is 0 Å². The third kappa shape index (κ3) is 4.05. The molecule has 2 heterocycles. The summed E-state index contributed by atoms with van der Waals surface area (Å²) in [5.41, 5.74) is 1.58. The van der Waals surface area contributed by atoms with Crippen LogP contribution in [-0.4, -0.2) is 28.2 Å². The van der Waals surface area contributed by atoms with Crippen LogP contribution in [-0.2, 0) is 17.1 Å². The van der Waals surface area contributed by atoms with Gasteiger partial charge in [-0.15, -0.1) is 0 Å². The first-order valence-corrected chi connectivity index (χ1v) is 10.6. The predicted octanol–water partition coefficient (Wildman–Crippen LogP) is 3.81. The SMILES string of the molecule is Cn1cc(S(=O)(=O)Nc2nc3ccccc3nc2Nc2ccc(F)cc2Br)cn1. The highest BCUT2D eigenvalue weighted by Crippen LogP contribution is 2.30. The molecule has 4 rings (SSSR count). The number of rotatable bonds is 5. The zero-order valence-electron chi connectivity index (χ0n) is 15.0. The molecule has 0 spiro atoms. The van der Waals surface area contributed by atoms with Gasteiger partial charge in [0.15, 0.2) is 11.6 Å². The summed E-state index contributed by atoms with van der Waals surface area (Å²) in [7, 11) is -2.32. The molecule has 8 nitrogen and oxygen atoms in total. The highest BCUT2D eigenvalue weighted by molar-refractivity contribution is 9.10. The minimum atomic E-state index is -3.94. The number of hydrogen-bond acceptors (Lipinski definition) is 6. The maximum Gasteiger partial charge on any atom is 0.266 e. The van der Waals surface area contributed by atoms with E-state index in [1.807, 2.05) is 0 Å². The maximum absolute atomic E-state index is 13.4. The Kier molecular flexibility index (Phi) is 4.92. The van der Waals surface area contributed by atoms with Crippen molar-refractivity contribution in [2.75, 3.05) is 10.0 Å². The first-order valence-electron chi connectivity index (χ1n) is 8.32. The molecule has 0 atom stereocenters. The number of aromatic nitrogens is 4. The second-order valence-corrected chi connectivity index (χ2v) is 8.65. The van der Waals surface area contributed by atoms with Crippen LogP contribution in [0.2, 0.25) is 0 Å². The fraction of sp³-hybridized carbons (Fsp3) is 0.0556. The summed E-state index contributed by atoms with van der Waals surface area (Å²) >= 11 is 3.28. The Bertz CT molecular complexity index is 1330. The summed E-state index contributed by atoms with van der Waals surface area (Å²) in [6, 6.07) is 11.1. The lowest BCUT2D eigenvalue weighted by molar-refractivity contribution is 0.601. The van der Waals surface area contributed by atoms with Gasteiger partial charge in [-0.2, -0.15) is 5.10 Å². The summed E-state index contributed by atoms with van der Waals surface area (Å²) in [4.78, 5) is 8.87. The fourth-order valence-electron chi connectivity index (χ4n) is 2.60. The van der Waals surface area contributed by atoms with Crippen LogP contribution in [0, 0.1) is 5.82 Å². The molecule has 0 saturated carbocycles. The minimum Gasteiger partial charge on any atom is -0.336 e. The van der Waals surface area contributed by atoms with Gasteiger partial charge in [0.1, 0.15) is 10.7 Å². The second-order valence-electron chi connectivity index (χ2n) is 6.11. The van der Waals surface area contributed by atoms with Crippen molar-refractivity contribution in [3.8, 4) is 0 Å². The van der Waals surface area contributed by atoms with Crippen LogP contribution < -0.4 is 10.0 Å². The van der Waals surface area contributed by atoms with E-state index >= 15 is 0 Å². The average molecular weight is 477 g/mol. The van der Waals surface area contributed by atoms with Crippen LogP contribution in [0.25, 0.3) is 11.0 Å². The third-order valence-electron chi connectivity index (χ3n) is 3.98. The monoisotopic (exact) mass is 476 g/mol. The number of halogens is 2. The Morgan fingerprint density at radius 2 is 1.76 bits per heavy atom. The Morgan fingerprint density at radius 3 is 2.38 bits per heavy atom. The number of fused-ring (bicyclic) bond motifs is 1. The van der Waals surface area contributed by atoms with Crippen LogP contribution in [0.15, 0.2) is 64.2 Å². The van der Waals surface area contributed by atoms with Gasteiger partial charge in [-0.3, -0.25) is 9.40 Å². The van der Waals surface area contributed by atoms with E-state index in [1.165, 1.54) is 35.3 Å². The van der Waals surface area contributed by atoms with Crippen molar-refractivity contribution in [2.24, 2.45) is 7.05 Å². The van der Waals surface area contributed by atoms with E-state index in [1.54, 1.807) is 31.3 Å². The number of para-hydroxylation sites is 2. The van der Waals surface area contributed by atoms with Gasteiger partial charge in [0, 0.05) is 17.7 Å². The molecule has 0 radical (unpaired) electrons. The Balaban J connectivity index is 1.80. The summed E-state index contributed by atoms with van der Waals surface area (Å²) in [5, 5.41) is 6.89. The smallest absolute Gasteiger partial charge is 0.266 e. The number of benzene rings is 2.